The second-order valence-electron chi connectivity index (χ2n) is 6.01. The molecule has 0 unspecified atom stereocenters. The van der Waals surface area contributed by atoms with Gasteiger partial charge in [0.25, 0.3) is 5.91 Å². The normalized spacial score (nSPS) is 17.8. The first-order valence-electron chi connectivity index (χ1n) is 8.10. The van der Waals surface area contributed by atoms with E-state index in [-0.39, 0.29) is 18.7 Å². The van der Waals surface area contributed by atoms with Crippen molar-refractivity contribution in [1.82, 2.24) is 5.32 Å². The number of carbonyl (C=O) groups is 4. The zero-order valence-corrected chi connectivity index (χ0v) is 14.9. The second kappa shape index (κ2) is 8.28. The molecule has 0 bridgehead atoms. The Morgan fingerprint density at radius 1 is 1.29 bits per heavy atom. The lowest BCUT2D eigenvalue weighted by atomic mass is 10.1. The van der Waals surface area contributed by atoms with Gasteiger partial charge in [-0.3, -0.25) is 19.7 Å². The van der Waals surface area contributed by atoms with E-state index in [9.17, 15) is 32.3 Å². The van der Waals surface area contributed by atoms with Gasteiger partial charge in [0.2, 0.25) is 5.91 Å². The topological polar surface area (TPSA) is 102 Å². The van der Waals surface area contributed by atoms with Crippen LogP contribution >= 0.6 is 0 Å². The molecule has 0 spiro atoms. The summed E-state index contributed by atoms with van der Waals surface area (Å²) in [6, 6.07) is 4.18. The lowest BCUT2D eigenvalue weighted by Crippen LogP contribution is -2.40. The van der Waals surface area contributed by atoms with E-state index >= 15 is 0 Å². The van der Waals surface area contributed by atoms with E-state index in [0.29, 0.717) is 0 Å². The standard InChI is InChI=1S/C17H17F3N2O6/c1-9(14(24)21-16(26)27-2)28-15(25)10-6-13(23)22(8-10)12-5-3-4-11(7-12)17(18,19)20/h3-5,7,9-10H,6,8H2,1-2H3,(H,21,24,26)/t9-,10+/m0/s1. The molecule has 28 heavy (non-hydrogen) atoms. The van der Waals surface area contributed by atoms with Crippen molar-refractivity contribution in [2.45, 2.75) is 25.6 Å². The van der Waals surface area contributed by atoms with Crippen molar-refractivity contribution in [1.29, 1.82) is 0 Å². The first kappa shape index (κ1) is 21.2. The van der Waals surface area contributed by atoms with Crippen LogP contribution in [0.4, 0.5) is 23.7 Å². The van der Waals surface area contributed by atoms with Crippen molar-refractivity contribution >= 4 is 29.6 Å². The van der Waals surface area contributed by atoms with Crippen LogP contribution in [-0.4, -0.2) is 43.6 Å². The minimum Gasteiger partial charge on any atom is -0.453 e. The van der Waals surface area contributed by atoms with Gasteiger partial charge in [-0.2, -0.15) is 13.2 Å². The molecular formula is C17H17F3N2O6. The van der Waals surface area contributed by atoms with Crippen LogP contribution in [0.5, 0.6) is 0 Å². The highest BCUT2D eigenvalue weighted by Gasteiger charge is 2.38. The molecule has 1 saturated heterocycles. The van der Waals surface area contributed by atoms with E-state index in [1.165, 1.54) is 13.0 Å². The minimum absolute atomic E-state index is 0.00612. The Morgan fingerprint density at radius 2 is 1.96 bits per heavy atom. The molecule has 11 heteroatoms. The molecule has 3 amide bonds. The molecule has 1 aliphatic rings. The SMILES string of the molecule is COC(=O)NC(=O)[C@H](C)OC(=O)[C@@H]1CC(=O)N(c2cccc(C(F)(F)F)c2)C1. The second-order valence-corrected chi connectivity index (χ2v) is 6.01. The third kappa shape index (κ3) is 4.99. The maximum Gasteiger partial charge on any atom is 0.416 e. The number of halogens is 3. The van der Waals surface area contributed by atoms with E-state index in [1.807, 2.05) is 5.32 Å². The predicted molar refractivity (Wildman–Crippen MR) is 88.0 cm³/mol. The number of nitrogens with zero attached hydrogens (tertiary/aromatic N) is 1. The first-order valence-corrected chi connectivity index (χ1v) is 8.10. The summed E-state index contributed by atoms with van der Waals surface area (Å²) in [6.45, 7) is 1.03. The summed E-state index contributed by atoms with van der Waals surface area (Å²) in [5.41, 5.74) is -0.913. The number of esters is 1. The van der Waals surface area contributed by atoms with Gasteiger partial charge in [-0.15, -0.1) is 0 Å². The van der Waals surface area contributed by atoms with Crippen LogP contribution in [0.1, 0.15) is 18.9 Å². The molecule has 1 heterocycles. The Bertz CT molecular complexity index is 795. The zero-order chi connectivity index (χ0) is 21.1. The van der Waals surface area contributed by atoms with Crippen molar-refractivity contribution < 1.29 is 41.8 Å². The number of hydrogen-bond acceptors (Lipinski definition) is 6. The Kier molecular flexibility index (Phi) is 6.26. The van der Waals surface area contributed by atoms with Crippen LogP contribution < -0.4 is 10.2 Å². The molecule has 0 aliphatic carbocycles. The molecule has 2 atom stereocenters. The van der Waals surface area contributed by atoms with Gasteiger partial charge < -0.3 is 14.4 Å². The van der Waals surface area contributed by atoms with Crippen LogP contribution in [0.2, 0.25) is 0 Å². The monoisotopic (exact) mass is 402 g/mol. The maximum atomic E-state index is 12.8. The number of benzene rings is 1. The van der Waals surface area contributed by atoms with Gasteiger partial charge in [0.1, 0.15) is 0 Å². The van der Waals surface area contributed by atoms with Crippen molar-refractivity contribution in [2.75, 3.05) is 18.6 Å². The molecule has 1 N–H and O–H groups in total. The molecule has 8 nitrogen and oxygen atoms in total. The van der Waals surface area contributed by atoms with Crippen LogP contribution in [0.15, 0.2) is 24.3 Å². The number of anilines is 1. The van der Waals surface area contributed by atoms with E-state index in [2.05, 4.69) is 4.74 Å². The van der Waals surface area contributed by atoms with Gasteiger partial charge in [-0.25, -0.2) is 4.79 Å². The number of alkyl carbamates (subject to hydrolysis) is 1. The summed E-state index contributed by atoms with van der Waals surface area (Å²) < 4.78 is 47.7. The number of imide groups is 1. The van der Waals surface area contributed by atoms with Crippen LogP contribution in [0.25, 0.3) is 0 Å². The summed E-state index contributed by atoms with van der Waals surface area (Å²) in [4.78, 5) is 48.0. The molecule has 1 aromatic rings. The van der Waals surface area contributed by atoms with Gasteiger partial charge in [0.05, 0.1) is 18.6 Å². The molecule has 0 saturated carbocycles. The minimum atomic E-state index is -4.57. The summed E-state index contributed by atoms with van der Waals surface area (Å²) in [7, 11) is 1.05. The molecule has 2 rings (SSSR count). The van der Waals surface area contributed by atoms with Gasteiger partial charge in [0.15, 0.2) is 6.10 Å². The Hall–Kier alpha value is -3.11. The van der Waals surface area contributed by atoms with Crippen LogP contribution in [0.3, 0.4) is 0 Å². The summed E-state index contributed by atoms with van der Waals surface area (Å²) in [6.07, 6.45) is -7.20. The summed E-state index contributed by atoms with van der Waals surface area (Å²) >= 11 is 0. The summed E-state index contributed by atoms with van der Waals surface area (Å²) in [5.74, 6) is -3.31. The van der Waals surface area contributed by atoms with Crippen molar-refractivity contribution in [3.8, 4) is 0 Å². The van der Waals surface area contributed by atoms with Crippen LogP contribution in [-0.2, 0) is 30.0 Å². The number of hydrogen-bond donors (Lipinski definition) is 1. The van der Waals surface area contributed by atoms with E-state index in [4.69, 9.17) is 4.74 Å². The number of nitrogens with one attached hydrogen (secondary N) is 1. The van der Waals surface area contributed by atoms with Gasteiger partial charge in [-0.1, -0.05) is 6.07 Å². The molecule has 1 fully saturated rings. The number of alkyl halides is 3. The first-order chi connectivity index (χ1) is 13.0. The van der Waals surface area contributed by atoms with Crippen molar-refractivity contribution in [3.05, 3.63) is 29.8 Å². The lowest BCUT2D eigenvalue weighted by Gasteiger charge is -2.19. The number of amides is 3. The molecule has 152 valence electrons. The average molecular weight is 402 g/mol. The predicted octanol–water partition coefficient (Wildman–Crippen LogP) is 1.87. The van der Waals surface area contributed by atoms with E-state index in [0.717, 1.165) is 30.2 Å². The highest BCUT2D eigenvalue weighted by Crippen LogP contribution is 2.33. The maximum absolute atomic E-state index is 12.8. The molecule has 1 aliphatic heterocycles. The highest BCUT2D eigenvalue weighted by atomic mass is 19.4. The van der Waals surface area contributed by atoms with Gasteiger partial charge in [0, 0.05) is 18.7 Å². The van der Waals surface area contributed by atoms with Crippen molar-refractivity contribution in [2.24, 2.45) is 5.92 Å². The third-order valence-electron chi connectivity index (χ3n) is 4.02. The molecular weight excluding hydrogens is 385 g/mol. The fourth-order valence-corrected chi connectivity index (χ4v) is 2.54. The fourth-order valence-electron chi connectivity index (χ4n) is 2.54. The quantitative estimate of drug-likeness (QED) is 0.772. The zero-order valence-electron chi connectivity index (χ0n) is 14.9. The Labute approximate surface area is 157 Å². The Balaban J connectivity index is 2.03. The number of rotatable bonds is 4. The van der Waals surface area contributed by atoms with Crippen LogP contribution in [0, 0.1) is 5.92 Å². The number of carbonyl (C=O) groups excluding carboxylic acids is 4. The lowest BCUT2D eigenvalue weighted by molar-refractivity contribution is -0.158. The smallest absolute Gasteiger partial charge is 0.416 e. The van der Waals surface area contributed by atoms with Gasteiger partial charge in [-0.05, 0) is 25.1 Å². The summed E-state index contributed by atoms with van der Waals surface area (Å²) in [5, 5.41) is 1.83. The Morgan fingerprint density at radius 3 is 2.57 bits per heavy atom. The van der Waals surface area contributed by atoms with E-state index in [1.54, 1.807) is 0 Å². The average Bonchev–Trinajstić information content (AvgIpc) is 3.02. The molecule has 0 radical (unpaired) electrons. The van der Waals surface area contributed by atoms with Gasteiger partial charge >= 0.3 is 18.2 Å². The van der Waals surface area contributed by atoms with E-state index < -0.39 is 47.6 Å². The number of methoxy groups -OCH3 is 1. The number of ether oxygens (including phenoxy) is 2. The largest absolute Gasteiger partial charge is 0.453 e. The molecule has 0 aromatic heterocycles. The fraction of sp³-hybridized carbons (Fsp3) is 0.412. The highest BCUT2D eigenvalue weighted by molar-refractivity contribution is 6.00. The van der Waals surface area contributed by atoms with Crippen molar-refractivity contribution in [3.63, 3.8) is 0 Å². The third-order valence-corrected chi connectivity index (χ3v) is 4.02. The molecule has 1 aromatic carbocycles.